The lowest BCUT2D eigenvalue weighted by atomic mass is 9.75. The molecule has 4 nitrogen and oxygen atoms in total. The van der Waals surface area contributed by atoms with Gasteiger partial charge in [-0.25, -0.2) is 0 Å². The summed E-state index contributed by atoms with van der Waals surface area (Å²) in [5.41, 5.74) is 0.869. The quantitative estimate of drug-likeness (QED) is 0.808. The molecule has 0 spiro atoms. The molecule has 122 valence electrons. The van der Waals surface area contributed by atoms with Crippen LogP contribution >= 0.6 is 0 Å². The molecule has 1 fully saturated rings. The molecule has 0 unspecified atom stereocenters. The predicted molar refractivity (Wildman–Crippen MR) is 82.6 cm³/mol. The van der Waals surface area contributed by atoms with Crippen LogP contribution in [0.5, 0.6) is 5.75 Å². The summed E-state index contributed by atoms with van der Waals surface area (Å²) in [5.74, 6) is 0.206. The SMILES string of the molecule is COc1ccccc1C[C@@H](CC(=O)[O-])[C@@H]1CCOC(C)(C)C1. The second-order valence-corrected chi connectivity index (χ2v) is 6.71. The van der Waals surface area contributed by atoms with Crippen LogP contribution in [0.15, 0.2) is 24.3 Å². The van der Waals surface area contributed by atoms with Gasteiger partial charge in [-0.1, -0.05) is 18.2 Å². The van der Waals surface area contributed by atoms with E-state index in [2.05, 4.69) is 13.8 Å². The molecule has 0 bridgehead atoms. The molecule has 0 saturated carbocycles. The van der Waals surface area contributed by atoms with Gasteiger partial charge in [0.15, 0.2) is 0 Å². The van der Waals surface area contributed by atoms with Crippen LogP contribution in [0.1, 0.15) is 38.7 Å². The monoisotopic (exact) mass is 305 g/mol. The number of para-hydroxylation sites is 1. The summed E-state index contributed by atoms with van der Waals surface area (Å²) in [6.07, 6.45) is 2.55. The first kappa shape index (κ1) is 16.8. The maximum absolute atomic E-state index is 11.2. The Hall–Kier alpha value is -1.55. The zero-order chi connectivity index (χ0) is 16.2. The Bertz CT molecular complexity index is 510. The highest BCUT2D eigenvalue weighted by atomic mass is 16.5. The molecule has 0 aromatic heterocycles. The van der Waals surface area contributed by atoms with Gasteiger partial charge in [0.25, 0.3) is 0 Å². The number of hydrogen-bond donors (Lipinski definition) is 0. The van der Waals surface area contributed by atoms with Gasteiger partial charge in [0, 0.05) is 12.6 Å². The number of rotatable bonds is 6. The lowest BCUT2D eigenvalue weighted by Gasteiger charge is -2.39. The van der Waals surface area contributed by atoms with E-state index in [-0.39, 0.29) is 17.9 Å². The lowest BCUT2D eigenvalue weighted by molar-refractivity contribution is -0.307. The third kappa shape index (κ3) is 4.47. The van der Waals surface area contributed by atoms with Crippen molar-refractivity contribution in [3.63, 3.8) is 0 Å². The number of methoxy groups -OCH3 is 1. The molecule has 1 heterocycles. The van der Waals surface area contributed by atoms with E-state index in [1.54, 1.807) is 7.11 Å². The molecule has 0 N–H and O–H groups in total. The van der Waals surface area contributed by atoms with Crippen molar-refractivity contribution in [1.82, 2.24) is 0 Å². The average Bonchev–Trinajstić information content (AvgIpc) is 2.45. The smallest absolute Gasteiger partial charge is 0.122 e. The summed E-state index contributed by atoms with van der Waals surface area (Å²) >= 11 is 0. The van der Waals surface area contributed by atoms with E-state index in [1.807, 2.05) is 24.3 Å². The zero-order valence-corrected chi connectivity index (χ0v) is 13.6. The Morgan fingerprint density at radius 1 is 1.45 bits per heavy atom. The van der Waals surface area contributed by atoms with Gasteiger partial charge in [0.2, 0.25) is 0 Å². The van der Waals surface area contributed by atoms with Crippen molar-refractivity contribution in [1.29, 1.82) is 0 Å². The summed E-state index contributed by atoms with van der Waals surface area (Å²) < 4.78 is 11.1. The Morgan fingerprint density at radius 3 is 2.82 bits per heavy atom. The fraction of sp³-hybridized carbons (Fsp3) is 0.611. The van der Waals surface area contributed by atoms with Gasteiger partial charge < -0.3 is 19.4 Å². The molecule has 0 amide bonds. The normalized spacial score (nSPS) is 22.0. The van der Waals surface area contributed by atoms with Gasteiger partial charge in [0.05, 0.1) is 12.7 Å². The molecule has 2 rings (SSSR count). The zero-order valence-electron chi connectivity index (χ0n) is 13.6. The number of carbonyl (C=O) groups excluding carboxylic acids is 1. The van der Waals surface area contributed by atoms with Crippen molar-refractivity contribution in [3.05, 3.63) is 29.8 Å². The fourth-order valence-corrected chi connectivity index (χ4v) is 3.46. The van der Waals surface area contributed by atoms with Crippen molar-refractivity contribution >= 4 is 5.97 Å². The van der Waals surface area contributed by atoms with Crippen LogP contribution in [0.25, 0.3) is 0 Å². The Balaban J connectivity index is 2.17. The van der Waals surface area contributed by atoms with Gasteiger partial charge in [-0.05, 0) is 63.0 Å². The first-order valence-electron chi connectivity index (χ1n) is 7.87. The molecule has 1 saturated heterocycles. The number of aliphatic carboxylic acids is 1. The molecule has 4 heteroatoms. The van der Waals surface area contributed by atoms with Crippen molar-refractivity contribution in [2.24, 2.45) is 11.8 Å². The van der Waals surface area contributed by atoms with Crippen LogP contribution < -0.4 is 9.84 Å². The fourth-order valence-electron chi connectivity index (χ4n) is 3.46. The molecule has 1 aromatic carbocycles. The molecule has 1 aliphatic rings. The second kappa shape index (κ2) is 7.14. The molecular formula is C18H25O4-. The highest BCUT2D eigenvalue weighted by molar-refractivity contribution is 5.64. The summed E-state index contributed by atoms with van der Waals surface area (Å²) in [6, 6.07) is 7.81. The Labute approximate surface area is 132 Å². The molecule has 1 aliphatic heterocycles. The number of carboxylic acids is 1. The molecule has 0 aliphatic carbocycles. The predicted octanol–water partition coefficient (Wildman–Crippen LogP) is 2.20. The van der Waals surface area contributed by atoms with E-state index in [0.29, 0.717) is 18.9 Å². The van der Waals surface area contributed by atoms with E-state index in [1.165, 1.54) is 0 Å². The maximum Gasteiger partial charge on any atom is 0.122 e. The summed E-state index contributed by atoms with van der Waals surface area (Å²) in [7, 11) is 1.64. The number of carboxylic acid groups (broad SMARTS) is 1. The Kier molecular flexibility index (Phi) is 5.46. The minimum absolute atomic E-state index is 0.0458. The molecule has 2 atom stereocenters. The van der Waals surface area contributed by atoms with Crippen LogP contribution in [-0.2, 0) is 16.0 Å². The summed E-state index contributed by atoms with van der Waals surface area (Å²) in [6.45, 7) is 4.82. The lowest BCUT2D eigenvalue weighted by Crippen LogP contribution is -2.39. The number of benzene rings is 1. The first-order valence-corrected chi connectivity index (χ1v) is 7.87. The number of carbonyl (C=O) groups is 1. The van der Waals surface area contributed by atoms with E-state index >= 15 is 0 Å². The van der Waals surface area contributed by atoms with Gasteiger partial charge in [0.1, 0.15) is 5.75 Å². The van der Waals surface area contributed by atoms with Crippen LogP contribution in [0.2, 0.25) is 0 Å². The third-order valence-corrected chi connectivity index (χ3v) is 4.51. The standard InChI is InChI=1S/C18H26O4/c1-18(2)12-14(8-9-22-18)15(11-17(19)20)10-13-6-4-5-7-16(13)21-3/h4-7,14-15H,8-12H2,1-3H3,(H,19,20)/p-1/t14-,15+/m1/s1. The molecular weight excluding hydrogens is 280 g/mol. The topological polar surface area (TPSA) is 58.6 Å². The van der Waals surface area contributed by atoms with Gasteiger partial charge in [-0.3, -0.25) is 0 Å². The molecule has 1 aromatic rings. The van der Waals surface area contributed by atoms with Gasteiger partial charge in [-0.15, -0.1) is 0 Å². The minimum atomic E-state index is -0.982. The van der Waals surface area contributed by atoms with Crippen molar-refractivity contribution < 1.29 is 19.4 Å². The van der Waals surface area contributed by atoms with E-state index in [9.17, 15) is 9.90 Å². The van der Waals surface area contributed by atoms with Crippen LogP contribution in [0.3, 0.4) is 0 Å². The van der Waals surface area contributed by atoms with Crippen LogP contribution in [0.4, 0.5) is 0 Å². The van der Waals surface area contributed by atoms with Crippen molar-refractivity contribution in [2.75, 3.05) is 13.7 Å². The first-order chi connectivity index (χ1) is 10.4. The van der Waals surface area contributed by atoms with Gasteiger partial charge >= 0.3 is 0 Å². The highest BCUT2D eigenvalue weighted by Gasteiger charge is 2.33. The Morgan fingerprint density at radius 2 is 2.18 bits per heavy atom. The second-order valence-electron chi connectivity index (χ2n) is 6.71. The summed E-state index contributed by atoms with van der Waals surface area (Å²) in [5, 5.41) is 11.2. The van der Waals surface area contributed by atoms with Crippen LogP contribution in [-0.4, -0.2) is 25.3 Å². The highest BCUT2D eigenvalue weighted by Crippen LogP contribution is 2.37. The van der Waals surface area contributed by atoms with Crippen LogP contribution in [0, 0.1) is 11.8 Å². The summed E-state index contributed by atoms with van der Waals surface area (Å²) in [4.78, 5) is 11.2. The van der Waals surface area contributed by atoms with E-state index in [4.69, 9.17) is 9.47 Å². The van der Waals surface area contributed by atoms with E-state index in [0.717, 1.165) is 24.2 Å². The molecule has 0 radical (unpaired) electrons. The van der Waals surface area contributed by atoms with Crippen molar-refractivity contribution in [3.8, 4) is 5.75 Å². The average molecular weight is 305 g/mol. The van der Waals surface area contributed by atoms with E-state index < -0.39 is 5.97 Å². The molecule has 22 heavy (non-hydrogen) atoms. The number of ether oxygens (including phenoxy) is 2. The minimum Gasteiger partial charge on any atom is -0.550 e. The van der Waals surface area contributed by atoms with Gasteiger partial charge in [-0.2, -0.15) is 0 Å². The van der Waals surface area contributed by atoms with Crippen molar-refractivity contribution in [2.45, 2.75) is 45.1 Å². The largest absolute Gasteiger partial charge is 0.550 e. The maximum atomic E-state index is 11.2. The number of hydrogen-bond acceptors (Lipinski definition) is 4. The third-order valence-electron chi connectivity index (χ3n) is 4.51.